The highest BCUT2D eigenvalue weighted by Gasteiger charge is 2.32. The van der Waals surface area contributed by atoms with Gasteiger partial charge in [0.05, 0.1) is 17.1 Å². The Balaban J connectivity index is 0.000000138. The van der Waals surface area contributed by atoms with Crippen LogP contribution in [0.15, 0.2) is 241 Å². The van der Waals surface area contributed by atoms with E-state index in [4.69, 9.17) is 26.6 Å². The number of piperidine rings is 1. The van der Waals surface area contributed by atoms with Crippen molar-refractivity contribution in [2.24, 2.45) is 0 Å². The Kier molecular flexibility index (Phi) is 26.3. The van der Waals surface area contributed by atoms with Crippen molar-refractivity contribution in [3.05, 3.63) is 319 Å². The third kappa shape index (κ3) is 19.6. The number of hydrogen-bond donors (Lipinski definition) is 3. The van der Waals surface area contributed by atoms with Crippen LogP contribution in [0.3, 0.4) is 0 Å². The number of likely N-dealkylation sites (tertiary alicyclic amines) is 1. The van der Waals surface area contributed by atoms with Crippen LogP contribution >= 0.6 is 27.5 Å². The molecule has 568 valence electrons. The zero-order chi connectivity index (χ0) is 75.1. The predicted molar refractivity (Wildman–Crippen MR) is 460 cm³/mol. The molecule has 15 heteroatoms. The molecule has 111 heavy (non-hydrogen) atoms. The lowest BCUT2D eigenvalue weighted by Crippen LogP contribution is -2.34. The standard InChI is InChI=1S/C33H35ClN4.C31H31BrN4.C31H33FN4.CH4/c1-38(28-7-3-2-4-8-28)20-19-23-11-17-27(18-12-23)36-33-35-22-25-21-31(24-13-15-26(34)16-14-24)29-9-5-6-10-30(29)32(25)37-33;32-25-12-10-23(11-13-25)29-20-24-21-33-31(35-30(24)28-7-3-2-6-27(28)29)34-26-14-8-22(9-15-26)16-19-36-17-4-1-5-18-36;1-3-4-17-36(2)18-16-22-10-9-11-24(19-22)34-31-33-21-23-20-28(26-13-7-8-15-29(26)32)25-12-5-6-14-27(25)30(23)35-31;/h5-6,9-18,22,28,31H,2-4,7-8,19-21H2,1H3,(H,35,36,37);2-3,6-15,21,29H,1,4-5,16-20H2,(H,33,34,35);5-15,19,21,28H,3-4,16-18,20H2,1-2H3,(H,33,34,35);1H4/t31-;29-;28-;/m001./s1. The molecule has 12 aromatic rings. The van der Waals surface area contributed by atoms with E-state index in [9.17, 15) is 4.39 Å². The van der Waals surface area contributed by atoms with Gasteiger partial charge in [-0.2, -0.15) is 0 Å². The van der Waals surface area contributed by atoms with Gasteiger partial charge in [-0.05, 0) is 238 Å². The van der Waals surface area contributed by atoms with Crippen LogP contribution in [-0.2, 0) is 38.5 Å². The van der Waals surface area contributed by atoms with Gasteiger partial charge in [-0.25, -0.2) is 34.3 Å². The van der Waals surface area contributed by atoms with Gasteiger partial charge in [0, 0.05) is 105 Å². The maximum Gasteiger partial charge on any atom is 0.227 e. The Morgan fingerprint density at radius 3 is 1.45 bits per heavy atom. The van der Waals surface area contributed by atoms with Crippen molar-refractivity contribution < 1.29 is 4.39 Å². The Morgan fingerprint density at radius 2 is 0.919 bits per heavy atom. The molecule has 17 rings (SSSR count). The van der Waals surface area contributed by atoms with E-state index in [1.807, 2.05) is 55.0 Å². The highest BCUT2D eigenvalue weighted by Crippen LogP contribution is 2.46. The lowest BCUT2D eigenvalue weighted by atomic mass is 9.78. The van der Waals surface area contributed by atoms with E-state index in [0.717, 1.165) is 130 Å². The Bertz CT molecular complexity index is 5050. The van der Waals surface area contributed by atoms with Crippen LogP contribution in [0, 0.1) is 5.82 Å². The van der Waals surface area contributed by atoms with Crippen LogP contribution in [0.25, 0.3) is 33.8 Å². The van der Waals surface area contributed by atoms with Gasteiger partial charge in [0.1, 0.15) is 5.82 Å². The number of rotatable bonds is 22. The molecule has 3 atom stereocenters. The van der Waals surface area contributed by atoms with Crippen molar-refractivity contribution in [3.8, 4) is 33.8 Å². The molecule has 5 aliphatic rings. The van der Waals surface area contributed by atoms with E-state index in [2.05, 4.69) is 252 Å². The minimum absolute atomic E-state index is 0. The molecule has 3 N–H and O–H groups in total. The molecule has 1 saturated carbocycles. The summed E-state index contributed by atoms with van der Waals surface area (Å²) in [5.74, 6) is 2.20. The predicted octanol–water partition coefficient (Wildman–Crippen LogP) is 23.0. The Morgan fingerprint density at radius 1 is 0.459 bits per heavy atom. The number of nitrogens with zero attached hydrogens (tertiary/aromatic N) is 9. The number of nitrogens with one attached hydrogen (secondary N) is 3. The van der Waals surface area contributed by atoms with Crippen molar-refractivity contribution >= 4 is 62.4 Å². The number of halogens is 3. The molecule has 12 nitrogen and oxygen atoms in total. The van der Waals surface area contributed by atoms with E-state index in [1.165, 1.54) is 145 Å². The summed E-state index contributed by atoms with van der Waals surface area (Å²) in [5, 5.41) is 11.0. The van der Waals surface area contributed by atoms with E-state index >= 15 is 0 Å². The fraction of sp³-hybridized carbons (Fsp3) is 0.312. The topological polar surface area (TPSA) is 123 Å². The number of aromatic nitrogens is 6. The van der Waals surface area contributed by atoms with Crippen molar-refractivity contribution in [1.29, 1.82) is 0 Å². The second-order valence-electron chi connectivity index (χ2n) is 30.4. The van der Waals surface area contributed by atoms with Gasteiger partial charge in [-0.15, -0.1) is 0 Å². The molecular weight excluding hydrogens is 1460 g/mol. The van der Waals surface area contributed by atoms with Crippen LogP contribution in [0.2, 0.25) is 5.02 Å². The van der Waals surface area contributed by atoms with Crippen molar-refractivity contribution in [1.82, 2.24) is 44.6 Å². The van der Waals surface area contributed by atoms with Crippen LogP contribution in [0.5, 0.6) is 0 Å². The van der Waals surface area contributed by atoms with Gasteiger partial charge >= 0.3 is 0 Å². The van der Waals surface area contributed by atoms with Crippen LogP contribution in [0.1, 0.15) is 163 Å². The molecule has 1 saturated heterocycles. The van der Waals surface area contributed by atoms with Crippen LogP contribution in [-0.4, -0.2) is 104 Å². The summed E-state index contributed by atoms with van der Waals surface area (Å²) in [6, 6.07) is 76.1. The normalized spacial score (nSPS) is 16.2. The van der Waals surface area contributed by atoms with Crippen LogP contribution in [0.4, 0.5) is 39.3 Å². The largest absolute Gasteiger partial charge is 0.324 e. The summed E-state index contributed by atoms with van der Waals surface area (Å²) in [6.07, 6.45) is 24.9. The zero-order valence-electron chi connectivity index (χ0n) is 63.5. The van der Waals surface area contributed by atoms with Crippen molar-refractivity contribution in [2.75, 3.05) is 69.3 Å². The minimum atomic E-state index is -0.170. The summed E-state index contributed by atoms with van der Waals surface area (Å²) in [6.45, 7) is 9.18. The number of likely N-dealkylation sites (N-methyl/N-ethyl adjacent to an activating group) is 2. The SMILES string of the molecule is Brc1ccc([C@@H]2Cc3cnc(Nc4ccc(CCN5CCCCC5)cc4)nc3-c3ccccc32)cc1.C.CCCCN(C)CCc1cccc(Nc2ncc3c(n2)-c2ccccc2[C@H](c2ccccc2F)C3)c1.CN(CCc1ccc(Nc2ncc3c(n2)-c2ccccc2[C@H](c2ccc(Cl)cc2)C3)cc1)C1CCCCC1. The summed E-state index contributed by atoms with van der Waals surface area (Å²) < 4.78 is 15.8. The first-order chi connectivity index (χ1) is 54.0. The quantitative estimate of drug-likeness (QED) is 0.0599. The number of benzene rings is 9. The first kappa shape index (κ1) is 77.9. The molecule has 4 heterocycles. The average molecular weight is 1560 g/mol. The molecule has 0 bridgehead atoms. The maximum absolute atomic E-state index is 14.7. The summed E-state index contributed by atoms with van der Waals surface area (Å²) >= 11 is 9.71. The first-order valence-electron chi connectivity index (χ1n) is 39.8. The molecule has 3 aromatic heterocycles. The van der Waals surface area contributed by atoms with Gasteiger partial charge in [-0.1, -0.05) is 226 Å². The Labute approximate surface area is 670 Å². The van der Waals surface area contributed by atoms with E-state index in [1.54, 1.807) is 6.07 Å². The summed E-state index contributed by atoms with van der Waals surface area (Å²) in [4.78, 5) is 36.4. The van der Waals surface area contributed by atoms with E-state index in [-0.39, 0.29) is 25.1 Å². The van der Waals surface area contributed by atoms with Crippen LogP contribution < -0.4 is 16.0 Å². The molecular formula is C96H103BrClFN12. The van der Waals surface area contributed by atoms with Gasteiger partial charge in [0.2, 0.25) is 17.8 Å². The van der Waals surface area contributed by atoms with Crippen molar-refractivity contribution in [2.45, 2.75) is 141 Å². The van der Waals surface area contributed by atoms with Gasteiger partial charge < -0.3 is 30.7 Å². The minimum Gasteiger partial charge on any atom is -0.324 e. The number of anilines is 6. The first-order valence-corrected chi connectivity index (χ1v) is 41.0. The Hall–Kier alpha value is -9.80. The molecule has 0 radical (unpaired) electrons. The molecule has 1 aliphatic heterocycles. The van der Waals surface area contributed by atoms with Gasteiger partial charge in [0.25, 0.3) is 0 Å². The average Bonchev–Trinajstić information content (AvgIpc) is 0.769. The van der Waals surface area contributed by atoms with Gasteiger partial charge in [0.15, 0.2) is 0 Å². The van der Waals surface area contributed by atoms with E-state index < -0.39 is 0 Å². The molecule has 0 spiro atoms. The lowest BCUT2D eigenvalue weighted by molar-refractivity contribution is 0.194. The second-order valence-corrected chi connectivity index (χ2v) is 31.8. The molecule has 9 aromatic carbocycles. The summed E-state index contributed by atoms with van der Waals surface area (Å²) in [7, 11) is 4.47. The smallest absolute Gasteiger partial charge is 0.227 e. The molecule has 2 fully saturated rings. The highest BCUT2D eigenvalue weighted by atomic mass is 79.9. The van der Waals surface area contributed by atoms with E-state index in [0.29, 0.717) is 30.2 Å². The fourth-order valence-corrected chi connectivity index (χ4v) is 17.0. The molecule has 0 amide bonds. The number of hydrogen-bond acceptors (Lipinski definition) is 12. The van der Waals surface area contributed by atoms with Crippen molar-refractivity contribution in [3.63, 3.8) is 0 Å². The lowest BCUT2D eigenvalue weighted by Gasteiger charge is -2.31. The molecule has 4 aliphatic carbocycles. The fourth-order valence-electron chi connectivity index (χ4n) is 16.6. The summed E-state index contributed by atoms with van der Waals surface area (Å²) in [5.41, 5.74) is 23.9. The third-order valence-corrected chi connectivity index (χ3v) is 23.6. The third-order valence-electron chi connectivity index (χ3n) is 22.9. The monoisotopic (exact) mass is 1560 g/mol. The zero-order valence-corrected chi connectivity index (χ0v) is 65.9. The number of unbranched alkanes of at least 4 members (excludes halogenated alkanes) is 1. The number of fused-ring (bicyclic) bond motifs is 9. The van der Waals surface area contributed by atoms with Gasteiger partial charge in [-0.3, -0.25) is 0 Å². The molecule has 0 unspecified atom stereocenters. The highest BCUT2D eigenvalue weighted by molar-refractivity contribution is 9.10. The maximum atomic E-state index is 14.7. The second kappa shape index (κ2) is 37.5.